The van der Waals surface area contributed by atoms with Crippen molar-refractivity contribution >= 4 is 21.9 Å². The van der Waals surface area contributed by atoms with Gasteiger partial charge in [-0.15, -0.1) is 0 Å². The molecule has 0 aromatic carbocycles. The molecule has 0 saturated carbocycles. The number of aromatic nitrogens is 1. The van der Waals surface area contributed by atoms with E-state index in [1.54, 1.807) is 0 Å². The molecule has 1 aromatic heterocycles. The van der Waals surface area contributed by atoms with Crippen LogP contribution >= 0.6 is 15.9 Å². The lowest BCUT2D eigenvalue weighted by molar-refractivity contribution is -0.159. The summed E-state index contributed by atoms with van der Waals surface area (Å²) in [5.41, 5.74) is 0.477. The van der Waals surface area contributed by atoms with Gasteiger partial charge in [0.1, 0.15) is 10.2 Å². The highest BCUT2D eigenvalue weighted by Crippen LogP contribution is 2.29. The van der Waals surface area contributed by atoms with Gasteiger partial charge in [-0.25, -0.2) is 4.98 Å². The van der Waals surface area contributed by atoms with Crippen LogP contribution < -0.4 is 5.32 Å². The van der Waals surface area contributed by atoms with Crippen LogP contribution in [0.5, 0.6) is 0 Å². The van der Waals surface area contributed by atoms with E-state index in [-0.39, 0.29) is 17.8 Å². The van der Waals surface area contributed by atoms with Crippen LogP contribution in [0.2, 0.25) is 0 Å². The molecule has 2 rings (SSSR count). The van der Waals surface area contributed by atoms with Crippen molar-refractivity contribution in [3.63, 3.8) is 0 Å². The third-order valence-electron chi connectivity index (χ3n) is 3.04. The van der Waals surface area contributed by atoms with Crippen molar-refractivity contribution < 1.29 is 9.53 Å². The van der Waals surface area contributed by atoms with Crippen molar-refractivity contribution in [2.75, 3.05) is 13.1 Å². The standard InChI is InChI=1S/C14H19BrN2O2/c1-14(2,3)19-13(18)10-8-16-7-9(10)11-5-4-6-12(15)17-11/h4-6,9-10,16H,7-8H2,1-3H3. The number of ether oxygens (including phenoxy) is 1. The Bertz CT molecular complexity index is 471. The molecule has 0 amide bonds. The second kappa shape index (κ2) is 5.59. The molecule has 1 aromatic rings. The Morgan fingerprint density at radius 2 is 2.16 bits per heavy atom. The van der Waals surface area contributed by atoms with Gasteiger partial charge >= 0.3 is 5.97 Å². The van der Waals surface area contributed by atoms with Gasteiger partial charge in [0.15, 0.2) is 0 Å². The van der Waals surface area contributed by atoms with E-state index in [4.69, 9.17) is 4.74 Å². The Morgan fingerprint density at radius 1 is 1.42 bits per heavy atom. The third kappa shape index (κ3) is 3.76. The number of carbonyl (C=O) groups is 1. The molecule has 1 saturated heterocycles. The minimum absolute atomic E-state index is 0.0762. The molecule has 19 heavy (non-hydrogen) atoms. The number of rotatable bonds is 2. The van der Waals surface area contributed by atoms with E-state index in [0.717, 1.165) is 16.8 Å². The molecule has 2 atom stereocenters. The van der Waals surface area contributed by atoms with Gasteiger partial charge in [0, 0.05) is 24.7 Å². The van der Waals surface area contributed by atoms with Crippen molar-refractivity contribution in [1.82, 2.24) is 10.3 Å². The zero-order chi connectivity index (χ0) is 14.0. The minimum atomic E-state index is -0.449. The van der Waals surface area contributed by atoms with Gasteiger partial charge in [0.05, 0.1) is 5.92 Å². The smallest absolute Gasteiger partial charge is 0.311 e. The molecule has 1 aliphatic rings. The van der Waals surface area contributed by atoms with Crippen LogP contribution in [0, 0.1) is 5.92 Å². The zero-order valence-electron chi connectivity index (χ0n) is 11.4. The van der Waals surface area contributed by atoms with Gasteiger partial charge in [-0.3, -0.25) is 4.79 Å². The maximum absolute atomic E-state index is 12.2. The van der Waals surface area contributed by atoms with Crippen molar-refractivity contribution in [2.24, 2.45) is 5.92 Å². The fourth-order valence-electron chi connectivity index (χ4n) is 2.25. The summed E-state index contributed by atoms with van der Waals surface area (Å²) in [6.07, 6.45) is 0. The van der Waals surface area contributed by atoms with Gasteiger partial charge < -0.3 is 10.1 Å². The van der Waals surface area contributed by atoms with Crippen molar-refractivity contribution in [3.05, 3.63) is 28.5 Å². The lowest BCUT2D eigenvalue weighted by Crippen LogP contribution is -2.32. The Labute approximate surface area is 122 Å². The maximum atomic E-state index is 12.2. The molecule has 1 fully saturated rings. The molecule has 2 heterocycles. The summed E-state index contributed by atoms with van der Waals surface area (Å²) in [5, 5.41) is 3.25. The van der Waals surface area contributed by atoms with Crippen LogP contribution in [0.25, 0.3) is 0 Å². The van der Waals surface area contributed by atoms with Gasteiger partial charge in [-0.05, 0) is 48.8 Å². The van der Waals surface area contributed by atoms with Crippen LogP contribution in [-0.4, -0.2) is 29.6 Å². The molecule has 1 N–H and O–H groups in total. The molecule has 4 nitrogen and oxygen atoms in total. The molecule has 0 radical (unpaired) electrons. The van der Waals surface area contributed by atoms with Crippen LogP contribution in [0.4, 0.5) is 0 Å². The number of hydrogen-bond acceptors (Lipinski definition) is 4. The highest BCUT2D eigenvalue weighted by molar-refractivity contribution is 9.10. The molecule has 104 valence electrons. The molecule has 0 spiro atoms. The average Bonchev–Trinajstić information content (AvgIpc) is 2.75. The Balaban J connectivity index is 2.15. The lowest BCUT2D eigenvalue weighted by Gasteiger charge is -2.24. The highest BCUT2D eigenvalue weighted by atomic mass is 79.9. The highest BCUT2D eigenvalue weighted by Gasteiger charge is 2.37. The van der Waals surface area contributed by atoms with Crippen LogP contribution in [0.1, 0.15) is 32.4 Å². The summed E-state index contributed by atoms with van der Waals surface area (Å²) in [5.74, 6) is -0.238. The molecule has 1 aliphatic heterocycles. The molecule has 2 unspecified atom stereocenters. The summed E-state index contributed by atoms with van der Waals surface area (Å²) in [7, 11) is 0. The molecular formula is C14H19BrN2O2. The van der Waals surface area contributed by atoms with Crippen molar-refractivity contribution in [2.45, 2.75) is 32.3 Å². The molecule has 0 aliphatic carbocycles. The van der Waals surface area contributed by atoms with E-state index >= 15 is 0 Å². The first-order valence-electron chi connectivity index (χ1n) is 6.43. The van der Waals surface area contributed by atoms with Gasteiger partial charge in [0.2, 0.25) is 0 Å². The first-order chi connectivity index (χ1) is 8.87. The Hall–Kier alpha value is -0.940. The predicted octanol–water partition coefficient (Wildman–Crippen LogP) is 2.49. The second-order valence-electron chi connectivity index (χ2n) is 5.79. The monoisotopic (exact) mass is 326 g/mol. The number of halogens is 1. The number of hydrogen-bond donors (Lipinski definition) is 1. The largest absolute Gasteiger partial charge is 0.460 e. The van der Waals surface area contributed by atoms with Crippen molar-refractivity contribution in [1.29, 1.82) is 0 Å². The fourth-order valence-corrected chi connectivity index (χ4v) is 2.60. The SMILES string of the molecule is CC(C)(C)OC(=O)C1CNCC1c1cccc(Br)n1. The third-order valence-corrected chi connectivity index (χ3v) is 3.48. The first kappa shape index (κ1) is 14.5. The Morgan fingerprint density at radius 3 is 2.79 bits per heavy atom. The quantitative estimate of drug-likeness (QED) is 0.670. The summed E-state index contributed by atoms with van der Waals surface area (Å²) < 4.78 is 6.28. The summed E-state index contributed by atoms with van der Waals surface area (Å²) >= 11 is 3.37. The molecule has 0 bridgehead atoms. The number of esters is 1. The van der Waals surface area contributed by atoms with Crippen molar-refractivity contribution in [3.8, 4) is 0 Å². The van der Waals surface area contributed by atoms with Crippen LogP contribution in [-0.2, 0) is 9.53 Å². The summed E-state index contributed by atoms with van der Waals surface area (Å²) in [4.78, 5) is 16.7. The first-order valence-corrected chi connectivity index (χ1v) is 7.22. The van der Waals surface area contributed by atoms with E-state index < -0.39 is 5.60 Å². The van der Waals surface area contributed by atoms with E-state index in [0.29, 0.717) is 6.54 Å². The van der Waals surface area contributed by atoms with Gasteiger partial charge in [0.25, 0.3) is 0 Å². The summed E-state index contributed by atoms with van der Waals surface area (Å²) in [6, 6.07) is 5.78. The van der Waals surface area contributed by atoms with Gasteiger partial charge in [-0.1, -0.05) is 6.07 Å². The molecule has 5 heteroatoms. The predicted molar refractivity (Wildman–Crippen MR) is 76.9 cm³/mol. The summed E-state index contributed by atoms with van der Waals surface area (Å²) in [6.45, 7) is 7.07. The maximum Gasteiger partial charge on any atom is 0.311 e. The van der Waals surface area contributed by atoms with E-state index in [1.807, 2.05) is 39.0 Å². The average molecular weight is 327 g/mol. The number of carbonyl (C=O) groups excluding carboxylic acids is 1. The van der Waals surface area contributed by atoms with Crippen LogP contribution in [0.3, 0.4) is 0 Å². The van der Waals surface area contributed by atoms with E-state index in [2.05, 4.69) is 26.2 Å². The topological polar surface area (TPSA) is 51.2 Å². The van der Waals surface area contributed by atoms with Crippen LogP contribution in [0.15, 0.2) is 22.8 Å². The lowest BCUT2D eigenvalue weighted by atomic mass is 9.92. The fraction of sp³-hybridized carbons (Fsp3) is 0.571. The molecular weight excluding hydrogens is 308 g/mol. The van der Waals surface area contributed by atoms with E-state index in [9.17, 15) is 4.79 Å². The van der Waals surface area contributed by atoms with E-state index in [1.165, 1.54) is 0 Å². The van der Waals surface area contributed by atoms with Gasteiger partial charge in [-0.2, -0.15) is 0 Å². The number of nitrogens with zero attached hydrogens (tertiary/aromatic N) is 1. The zero-order valence-corrected chi connectivity index (χ0v) is 13.0. The normalized spacial score (nSPS) is 23.4. The second-order valence-corrected chi connectivity index (χ2v) is 6.60. The minimum Gasteiger partial charge on any atom is -0.460 e. The Kier molecular flexibility index (Phi) is 4.26. The number of nitrogens with one attached hydrogen (secondary N) is 1. The number of pyridine rings is 1.